The molecule has 0 fully saturated rings. The zero-order valence-corrected chi connectivity index (χ0v) is 21.5. The normalized spacial score (nSPS) is 10.4. The molecule has 34 heavy (non-hydrogen) atoms. The lowest BCUT2D eigenvalue weighted by atomic mass is 10.2. The second kappa shape index (κ2) is 13.2. The summed E-state index contributed by atoms with van der Waals surface area (Å²) in [6, 6.07) is 30.5. The third-order valence-electron chi connectivity index (χ3n) is 4.41. The zero-order valence-electron chi connectivity index (χ0n) is 18.3. The molecule has 0 N–H and O–H groups in total. The Hall–Kier alpha value is -2.78. The van der Waals surface area contributed by atoms with Gasteiger partial charge in [-0.05, 0) is 28.6 Å². The second-order valence-electron chi connectivity index (χ2n) is 6.87. The van der Waals surface area contributed by atoms with Gasteiger partial charge in [0.2, 0.25) is 0 Å². The molecule has 0 radical (unpaired) electrons. The number of nitrogens with zero attached hydrogens (tertiary/aromatic N) is 4. The first kappa shape index (κ1) is 24.3. The maximum Gasteiger partial charge on any atom is 0.174 e. The lowest BCUT2D eigenvalue weighted by Gasteiger charge is -1.97. The highest BCUT2D eigenvalue weighted by Gasteiger charge is 2.07. The topological polar surface area (TPSA) is 51.6 Å². The molecule has 170 valence electrons. The van der Waals surface area contributed by atoms with Gasteiger partial charge in [-0.15, -0.1) is 6.58 Å². The van der Waals surface area contributed by atoms with Gasteiger partial charge >= 0.3 is 0 Å². The monoisotopic (exact) mass is 518 g/mol. The number of thioether (sulfide) groups is 2. The molecule has 3 aromatic carbocycles. The Morgan fingerprint density at radius 3 is 1.62 bits per heavy atom. The number of hydrogen-bond donors (Lipinski definition) is 0. The summed E-state index contributed by atoms with van der Waals surface area (Å²) in [5.41, 5.74) is 3.45. The molecule has 0 unspecified atom stereocenters. The van der Waals surface area contributed by atoms with Crippen molar-refractivity contribution in [3.8, 4) is 22.8 Å². The summed E-state index contributed by atoms with van der Waals surface area (Å²) in [7, 11) is 0. The van der Waals surface area contributed by atoms with E-state index in [1.54, 1.807) is 23.5 Å². The van der Waals surface area contributed by atoms with Gasteiger partial charge < -0.3 is 0 Å². The highest BCUT2D eigenvalue weighted by molar-refractivity contribution is 8.01. The van der Waals surface area contributed by atoms with E-state index in [9.17, 15) is 0 Å². The molecule has 0 bridgehead atoms. The minimum Gasteiger partial charge on any atom is -0.208 e. The third-order valence-corrected chi connectivity index (χ3v) is 8.14. The van der Waals surface area contributed by atoms with E-state index in [0.29, 0.717) is 0 Å². The van der Waals surface area contributed by atoms with Gasteiger partial charge in [0.1, 0.15) is 0 Å². The number of hydrogen-bond acceptors (Lipinski definition) is 8. The van der Waals surface area contributed by atoms with Gasteiger partial charge in [0.25, 0.3) is 0 Å². The van der Waals surface area contributed by atoms with Crippen molar-refractivity contribution in [2.75, 3.05) is 5.75 Å². The van der Waals surface area contributed by atoms with Crippen LogP contribution in [0.25, 0.3) is 22.8 Å². The first-order valence-corrected chi connectivity index (χ1v) is 14.0. The van der Waals surface area contributed by atoms with E-state index in [1.165, 1.54) is 28.6 Å². The molecule has 0 spiro atoms. The fourth-order valence-corrected chi connectivity index (χ4v) is 5.74. The Bertz CT molecular complexity index is 1270. The average molecular weight is 519 g/mol. The van der Waals surface area contributed by atoms with Gasteiger partial charge in [-0.25, -0.2) is 9.97 Å². The first-order chi connectivity index (χ1) is 16.8. The fourth-order valence-electron chi connectivity index (χ4n) is 2.79. The van der Waals surface area contributed by atoms with Crippen LogP contribution in [0.15, 0.2) is 112 Å². The SMILES string of the molecule is C=CCSc1nc(-c2ccccc2)ns1.c1ccc(CSc2nc(-c3ccccc3)ns2)cc1. The summed E-state index contributed by atoms with van der Waals surface area (Å²) in [6.45, 7) is 3.68. The Morgan fingerprint density at radius 2 is 1.12 bits per heavy atom. The number of aromatic nitrogens is 4. The van der Waals surface area contributed by atoms with Crippen molar-refractivity contribution in [2.24, 2.45) is 0 Å². The minimum atomic E-state index is 0.812. The molecule has 0 saturated carbocycles. The first-order valence-electron chi connectivity index (χ1n) is 10.5. The van der Waals surface area contributed by atoms with Crippen LogP contribution in [0.1, 0.15) is 5.56 Å². The van der Waals surface area contributed by atoms with E-state index in [-0.39, 0.29) is 0 Å². The second-order valence-corrected chi connectivity index (χ2v) is 10.9. The molecular formula is C26H22N4S4. The van der Waals surface area contributed by atoms with Gasteiger partial charge in [0, 0.05) is 22.6 Å². The molecule has 0 aliphatic rings. The highest BCUT2D eigenvalue weighted by Crippen LogP contribution is 2.27. The summed E-state index contributed by atoms with van der Waals surface area (Å²) in [4.78, 5) is 9.01. The summed E-state index contributed by atoms with van der Waals surface area (Å²) < 4.78 is 10.7. The largest absolute Gasteiger partial charge is 0.208 e. The van der Waals surface area contributed by atoms with Crippen LogP contribution in [-0.4, -0.2) is 24.5 Å². The quantitative estimate of drug-likeness (QED) is 0.153. The van der Waals surface area contributed by atoms with Gasteiger partial charge in [-0.3, -0.25) is 0 Å². The highest BCUT2D eigenvalue weighted by atomic mass is 32.2. The standard InChI is InChI=1S/C15H12N2S2.C11H10N2S2/c1-3-7-12(8-4-1)11-18-15-16-14(17-19-15)13-9-5-2-6-10-13;1-2-8-14-11-12-10(13-15-11)9-6-4-3-5-7-9/h1-10H,11H2;2-7H,1,8H2. The molecule has 0 aliphatic heterocycles. The van der Waals surface area contributed by atoms with Crippen molar-refractivity contribution in [3.63, 3.8) is 0 Å². The van der Waals surface area contributed by atoms with Crippen LogP contribution in [0.3, 0.4) is 0 Å². The van der Waals surface area contributed by atoms with Crippen molar-refractivity contribution in [3.05, 3.63) is 109 Å². The molecule has 2 aromatic heterocycles. The van der Waals surface area contributed by atoms with E-state index in [4.69, 9.17) is 0 Å². The molecule has 0 amide bonds. The molecule has 0 saturated heterocycles. The van der Waals surface area contributed by atoms with Crippen LogP contribution in [0.5, 0.6) is 0 Å². The van der Waals surface area contributed by atoms with Crippen LogP contribution in [-0.2, 0) is 5.75 Å². The number of benzene rings is 3. The third kappa shape index (κ3) is 7.36. The van der Waals surface area contributed by atoms with Crippen LogP contribution in [0.2, 0.25) is 0 Å². The number of rotatable bonds is 8. The van der Waals surface area contributed by atoms with Crippen molar-refractivity contribution < 1.29 is 0 Å². The van der Waals surface area contributed by atoms with E-state index in [2.05, 4.69) is 49.6 Å². The molecule has 5 rings (SSSR count). The van der Waals surface area contributed by atoms with E-state index in [0.717, 1.165) is 43.0 Å². The average Bonchev–Trinajstić information content (AvgIpc) is 3.59. The van der Waals surface area contributed by atoms with Gasteiger partial charge in [0.05, 0.1) is 0 Å². The van der Waals surface area contributed by atoms with Gasteiger partial charge in [-0.2, -0.15) is 8.75 Å². The van der Waals surface area contributed by atoms with Crippen molar-refractivity contribution in [1.29, 1.82) is 0 Å². The maximum absolute atomic E-state index is 4.57. The Balaban J connectivity index is 0.000000166. The Labute approximate surface area is 216 Å². The predicted octanol–water partition coefficient (Wildman–Crippen LogP) is 7.98. The van der Waals surface area contributed by atoms with E-state index in [1.807, 2.05) is 72.8 Å². The van der Waals surface area contributed by atoms with Crippen LogP contribution < -0.4 is 0 Å². The molecular weight excluding hydrogens is 497 g/mol. The summed E-state index contributed by atoms with van der Waals surface area (Å²) in [5, 5.41) is 0. The van der Waals surface area contributed by atoms with Crippen molar-refractivity contribution >= 4 is 46.6 Å². The molecule has 2 heterocycles. The molecule has 0 aliphatic carbocycles. The van der Waals surface area contributed by atoms with Crippen molar-refractivity contribution in [1.82, 2.24) is 18.7 Å². The molecule has 4 nitrogen and oxygen atoms in total. The summed E-state index contributed by atoms with van der Waals surface area (Å²) in [6.07, 6.45) is 1.87. The van der Waals surface area contributed by atoms with Crippen LogP contribution in [0, 0.1) is 0 Å². The van der Waals surface area contributed by atoms with Crippen LogP contribution >= 0.6 is 46.6 Å². The Kier molecular flexibility index (Phi) is 9.45. The Morgan fingerprint density at radius 1 is 0.647 bits per heavy atom. The van der Waals surface area contributed by atoms with Crippen molar-refractivity contribution in [2.45, 2.75) is 14.4 Å². The lowest BCUT2D eigenvalue weighted by Crippen LogP contribution is -1.80. The lowest BCUT2D eigenvalue weighted by molar-refractivity contribution is 1.21. The summed E-state index contributed by atoms with van der Waals surface area (Å²) in [5.74, 6) is 3.45. The van der Waals surface area contributed by atoms with Gasteiger partial charge in [0.15, 0.2) is 20.3 Å². The van der Waals surface area contributed by atoms with E-state index < -0.39 is 0 Å². The zero-order chi connectivity index (χ0) is 23.4. The molecule has 0 atom stereocenters. The smallest absolute Gasteiger partial charge is 0.174 e. The predicted molar refractivity (Wildman–Crippen MR) is 148 cm³/mol. The van der Waals surface area contributed by atoms with E-state index >= 15 is 0 Å². The maximum atomic E-state index is 4.57. The molecule has 5 aromatic rings. The molecule has 8 heteroatoms. The minimum absolute atomic E-state index is 0.812. The van der Waals surface area contributed by atoms with Crippen LogP contribution in [0.4, 0.5) is 0 Å². The summed E-state index contributed by atoms with van der Waals surface area (Å²) >= 11 is 6.30. The fraction of sp³-hybridized carbons (Fsp3) is 0.0769. The van der Waals surface area contributed by atoms with Gasteiger partial charge in [-0.1, -0.05) is 121 Å².